The van der Waals surface area contributed by atoms with Crippen molar-refractivity contribution in [2.24, 2.45) is 0 Å². The molecule has 1 aromatic carbocycles. The van der Waals surface area contributed by atoms with E-state index in [0.717, 1.165) is 25.7 Å². The van der Waals surface area contributed by atoms with Crippen LogP contribution in [0.1, 0.15) is 84.9 Å². The van der Waals surface area contributed by atoms with Crippen molar-refractivity contribution in [3.05, 3.63) is 35.4 Å². The van der Waals surface area contributed by atoms with E-state index in [4.69, 9.17) is 0 Å². The van der Waals surface area contributed by atoms with Crippen LogP contribution in [0.15, 0.2) is 24.3 Å². The van der Waals surface area contributed by atoms with Gasteiger partial charge in [-0.3, -0.25) is 9.59 Å². The number of carbonyl (C=O) groups excluding carboxylic acids is 2. The topological polar surface area (TPSA) is 58.2 Å². The van der Waals surface area contributed by atoms with Crippen molar-refractivity contribution in [3.8, 4) is 0 Å². The normalized spacial score (nSPS) is 19.7. The molecule has 24 heavy (non-hydrogen) atoms. The first kappa shape index (κ1) is 17.0. The van der Waals surface area contributed by atoms with Crippen LogP contribution in [0.2, 0.25) is 0 Å². The highest BCUT2D eigenvalue weighted by molar-refractivity contribution is 5.98. The maximum absolute atomic E-state index is 12.4. The Morgan fingerprint density at radius 1 is 0.625 bits per heavy atom. The monoisotopic (exact) mass is 328 g/mol. The van der Waals surface area contributed by atoms with Gasteiger partial charge in [-0.2, -0.15) is 0 Å². The van der Waals surface area contributed by atoms with E-state index in [9.17, 15) is 9.59 Å². The Morgan fingerprint density at radius 2 is 0.958 bits per heavy atom. The Bertz CT molecular complexity index is 554. The third-order valence-corrected chi connectivity index (χ3v) is 5.29. The molecular formula is C20H28N2O2. The highest BCUT2D eigenvalue weighted by atomic mass is 16.2. The molecule has 2 amide bonds. The molecule has 0 bridgehead atoms. The second kappa shape index (κ2) is 8.32. The highest BCUT2D eigenvalue weighted by Gasteiger charge is 2.19. The van der Waals surface area contributed by atoms with Gasteiger partial charge < -0.3 is 10.6 Å². The van der Waals surface area contributed by atoms with E-state index in [-0.39, 0.29) is 11.8 Å². The predicted octanol–water partition coefficient (Wildman–Crippen LogP) is 3.81. The summed E-state index contributed by atoms with van der Waals surface area (Å²) in [4.78, 5) is 24.6. The molecule has 0 heterocycles. The average molecular weight is 328 g/mol. The fourth-order valence-corrected chi connectivity index (χ4v) is 3.80. The smallest absolute Gasteiger partial charge is 0.251 e. The molecule has 2 aliphatic carbocycles. The Hall–Kier alpha value is -1.84. The molecule has 0 aromatic heterocycles. The minimum atomic E-state index is -0.0300. The van der Waals surface area contributed by atoms with Gasteiger partial charge in [-0.05, 0) is 49.9 Å². The summed E-state index contributed by atoms with van der Waals surface area (Å²) in [7, 11) is 0. The lowest BCUT2D eigenvalue weighted by Crippen LogP contribution is -2.34. The first-order valence-corrected chi connectivity index (χ1v) is 9.44. The number of hydrogen-bond donors (Lipinski definition) is 2. The summed E-state index contributed by atoms with van der Waals surface area (Å²) < 4.78 is 0. The van der Waals surface area contributed by atoms with Gasteiger partial charge >= 0.3 is 0 Å². The van der Waals surface area contributed by atoms with Gasteiger partial charge in [0.1, 0.15) is 0 Å². The van der Waals surface area contributed by atoms with Gasteiger partial charge in [-0.15, -0.1) is 0 Å². The molecule has 0 aliphatic heterocycles. The van der Waals surface area contributed by atoms with Crippen LogP contribution in [0.5, 0.6) is 0 Å². The summed E-state index contributed by atoms with van der Waals surface area (Å²) in [5, 5.41) is 6.22. The molecule has 4 nitrogen and oxygen atoms in total. The number of carbonyl (C=O) groups is 2. The van der Waals surface area contributed by atoms with Crippen molar-refractivity contribution >= 4 is 11.8 Å². The number of nitrogens with one attached hydrogen (secondary N) is 2. The summed E-state index contributed by atoms with van der Waals surface area (Å²) in [5.41, 5.74) is 1.27. The molecule has 0 spiro atoms. The van der Waals surface area contributed by atoms with E-state index in [1.54, 1.807) is 24.3 Å². The van der Waals surface area contributed by atoms with Gasteiger partial charge in [-0.1, -0.05) is 38.5 Å². The van der Waals surface area contributed by atoms with Crippen molar-refractivity contribution in [1.29, 1.82) is 0 Å². The molecule has 4 heteroatoms. The van der Waals surface area contributed by atoms with Crippen LogP contribution in [0, 0.1) is 0 Å². The summed E-state index contributed by atoms with van der Waals surface area (Å²) >= 11 is 0. The van der Waals surface area contributed by atoms with E-state index in [1.165, 1.54) is 38.5 Å². The predicted molar refractivity (Wildman–Crippen MR) is 95.1 cm³/mol. The molecule has 1 aromatic rings. The molecule has 3 rings (SSSR count). The minimum absolute atomic E-state index is 0.0235. The number of rotatable bonds is 4. The fourth-order valence-electron chi connectivity index (χ4n) is 3.80. The van der Waals surface area contributed by atoms with E-state index in [1.807, 2.05) is 0 Å². The fraction of sp³-hybridized carbons (Fsp3) is 0.600. The number of amides is 2. The lowest BCUT2D eigenvalue weighted by atomic mass is 10.1. The van der Waals surface area contributed by atoms with Gasteiger partial charge in [0, 0.05) is 23.2 Å². The van der Waals surface area contributed by atoms with Gasteiger partial charge in [0.25, 0.3) is 11.8 Å². The van der Waals surface area contributed by atoms with Crippen LogP contribution < -0.4 is 10.6 Å². The summed E-state index contributed by atoms with van der Waals surface area (Å²) in [5.74, 6) is -0.0534. The zero-order valence-corrected chi connectivity index (χ0v) is 14.4. The van der Waals surface area contributed by atoms with Gasteiger partial charge in [0.05, 0.1) is 0 Å². The molecule has 0 unspecified atom stereocenters. The van der Waals surface area contributed by atoms with Crippen LogP contribution in [-0.4, -0.2) is 23.9 Å². The molecule has 2 aliphatic rings. The third kappa shape index (κ3) is 4.59. The van der Waals surface area contributed by atoms with Crippen molar-refractivity contribution in [3.63, 3.8) is 0 Å². The third-order valence-electron chi connectivity index (χ3n) is 5.29. The first-order valence-electron chi connectivity index (χ1n) is 9.44. The maximum Gasteiger partial charge on any atom is 0.251 e. The van der Waals surface area contributed by atoms with Crippen LogP contribution in [0.25, 0.3) is 0 Å². The van der Waals surface area contributed by atoms with E-state index >= 15 is 0 Å². The standard InChI is InChI=1S/C20H28N2O2/c23-19(21-17-7-3-1-2-4-8-17)15-11-13-16(14-12-15)20(24)22-18-9-5-6-10-18/h11-14,17-18H,1-10H2,(H,21,23)(H,22,24). The average Bonchev–Trinajstić information content (AvgIpc) is 2.97. The van der Waals surface area contributed by atoms with Crippen LogP contribution >= 0.6 is 0 Å². The summed E-state index contributed by atoms with van der Waals surface area (Å²) in [6.45, 7) is 0. The Labute approximate surface area is 144 Å². The van der Waals surface area contributed by atoms with Gasteiger partial charge in [0.15, 0.2) is 0 Å². The minimum Gasteiger partial charge on any atom is -0.349 e. The quantitative estimate of drug-likeness (QED) is 0.826. The zero-order chi connectivity index (χ0) is 16.8. The lowest BCUT2D eigenvalue weighted by molar-refractivity contribution is 0.0923. The van der Waals surface area contributed by atoms with E-state index < -0.39 is 0 Å². The first-order chi connectivity index (χ1) is 11.7. The largest absolute Gasteiger partial charge is 0.349 e. The van der Waals surface area contributed by atoms with E-state index in [0.29, 0.717) is 23.2 Å². The van der Waals surface area contributed by atoms with Crippen molar-refractivity contribution < 1.29 is 9.59 Å². The van der Waals surface area contributed by atoms with Crippen LogP contribution in [0.3, 0.4) is 0 Å². The second-order valence-electron chi connectivity index (χ2n) is 7.19. The van der Waals surface area contributed by atoms with Crippen LogP contribution in [-0.2, 0) is 0 Å². The maximum atomic E-state index is 12.4. The zero-order valence-electron chi connectivity index (χ0n) is 14.4. The second-order valence-corrected chi connectivity index (χ2v) is 7.19. The molecule has 2 saturated carbocycles. The van der Waals surface area contributed by atoms with Crippen molar-refractivity contribution in [2.75, 3.05) is 0 Å². The Balaban J connectivity index is 1.54. The van der Waals surface area contributed by atoms with Crippen molar-refractivity contribution in [1.82, 2.24) is 10.6 Å². The molecule has 2 N–H and O–H groups in total. The summed E-state index contributed by atoms with van der Waals surface area (Å²) in [6, 6.07) is 7.64. The summed E-state index contributed by atoms with van der Waals surface area (Å²) in [6.07, 6.45) is 11.7. The molecular weight excluding hydrogens is 300 g/mol. The van der Waals surface area contributed by atoms with Gasteiger partial charge in [-0.25, -0.2) is 0 Å². The SMILES string of the molecule is O=C(NC1CCCCCC1)c1ccc(C(=O)NC2CCCC2)cc1. The molecule has 0 saturated heterocycles. The molecule has 0 atom stereocenters. The molecule has 2 fully saturated rings. The number of hydrogen-bond acceptors (Lipinski definition) is 2. The molecule has 130 valence electrons. The number of benzene rings is 1. The Morgan fingerprint density at radius 3 is 1.33 bits per heavy atom. The lowest BCUT2D eigenvalue weighted by Gasteiger charge is -2.16. The molecule has 0 radical (unpaired) electrons. The van der Waals surface area contributed by atoms with Gasteiger partial charge in [0.2, 0.25) is 0 Å². The van der Waals surface area contributed by atoms with Crippen LogP contribution in [0.4, 0.5) is 0 Å². The van der Waals surface area contributed by atoms with Crippen molar-refractivity contribution in [2.45, 2.75) is 76.3 Å². The van der Waals surface area contributed by atoms with E-state index in [2.05, 4.69) is 10.6 Å². The Kier molecular flexibility index (Phi) is 5.89. The highest BCUT2D eigenvalue weighted by Crippen LogP contribution is 2.19.